The van der Waals surface area contributed by atoms with Crippen molar-refractivity contribution in [2.45, 2.75) is 5.30 Å². The van der Waals surface area contributed by atoms with Crippen LogP contribution in [0.5, 0.6) is 5.88 Å². The van der Waals surface area contributed by atoms with Crippen molar-refractivity contribution in [1.29, 1.82) is 0 Å². The summed E-state index contributed by atoms with van der Waals surface area (Å²) in [5.74, 6) is 0.125. The largest absolute Gasteiger partial charge is 0.500 e. The maximum Gasteiger partial charge on any atom is 0.233 e. The van der Waals surface area contributed by atoms with Crippen molar-refractivity contribution in [1.82, 2.24) is 20.0 Å². The number of nitrogens with zero attached hydrogens (tertiary/aromatic N) is 4. The third-order valence-electron chi connectivity index (χ3n) is 1.72. The van der Waals surface area contributed by atoms with Crippen molar-refractivity contribution >= 4 is 46.1 Å². The Hall–Kier alpha value is -0.985. The predicted molar refractivity (Wildman–Crippen MR) is 72.5 cm³/mol. The summed E-state index contributed by atoms with van der Waals surface area (Å²) in [4.78, 5) is 0. The lowest BCUT2D eigenvalue weighted by molar-refractivity contribution is 0.301. The highest BCUT2D eigenvalue weighted by Gasteiger charge is 2.12. The minimum Gasteiger partial charge on any atom is -0.500 e. The molecule has 0 aromatic carbocycles. The van der Waals surface area contributed by atoms with Crippen LogP contribution in [0, 0.1) is 3.70 Å². The smallest absolute Gasteiger partial charge is 0.233 e. The van der Waals surface area contributed by atoms with E-state index < -0.39 is 5.30 Å². The second-order valence-corrected chi connectivity index (χ2v) is 4.40. The molecule has 0 atom stereocenters. The Morgan fingerprint density at radius 1 is 1.35 bits per heavy atom. The van der Waals surface area contributed by atoms with Gasteiger partial charge in [-0.3, -0.25) is 0 Å². The van der Waals surface area contributed by atoms with Crippen LogP contribution in [0.15, 0.2) is 24.5 Å². The van der Waals surface area contributed by atoms with Crippen LogP contribution in [0.2, 0.25) is 0 Å². The molecule has 0 amide bonds. The summed E-state index contributed by atoms with van der Waals surface area (Å²) >= 11 is 2.10. The van der Waals surface area contributed by atoms with E-state index in [9.17, 15) is 0 Å². The molecule has 0 bridgehead atoms. The molecule has 0 spiro atoms. The van der Waals surface area contributed by atoms with E-state index in [0.29, 0.717) is 5.69 Å². The second-order valence-electron chi connectivity index (χ2n) is 3.29. The fraction of sp³-hybridized carbons (Fsp3) is 0.125. The van der Waals surface area contributed by atoms with Crippen LogP contribution >= 0.6 is 22.6 Å². The summed E-state index contributed by atoms with van der Waals surface area (Å²) in [6.45, 7) is 0. The van der Waals surface area contributed by atoms with Gasteiger partial charge in [-0.15, -0.1) is 5.10 Å². The highest BCUT2D eigenvalue weighted by Crippen LogP contribution is 2.14. The van der Waals surface area contributed by atoms with Gasteiger partial charge in [-0.05, 0) is 34.0 Å². The SMILES string of the molecule is [B]C([B])([B])Oc1cc(-n2ccc(I)n2)cnn1. The summed E-state index contributed by atoms with van der Waals surface area (Å²) in [5, 5.41) is 9.87. The summed E-state index contributed by atoms with van der Waals surface area (Å²) < 4.78 is 7.46. The normalized spacial score (nSPS) is 11.4. The molecule has 0 unspecified atom stereocenters. The molecule has 0 aliphatic heterocycles. The first-order chi connectivity index (χ1) is 7.94. The molecule has 0 aliphatic carbocycles. The lowest BCUT2D eigenvalue weighted by Gasteiger charge is -2.21. The molecule has 0 saturated heterocycles. The van der Waals surface area contributed by atoms with Crippen molar-refractivity contribution in [3.8, 4) is 11.6 Å². The van der Waals surface area contributed by atoms with E-state index in [1.807, 2.05) is 6.07 Å². The molecule has 5 nitrogen and oxygen atoms in total. The third-order valence-corrected chi connectivity index (χ3v) is 2.30. The minimum atomic E-state index is -1.79. The average molecular weight is 331 g/mol. The molecule has 0 fully saturated rings. The molecule has 6 radical (unpaired) electrons. The van der Waals surface area contributed by atoms with E-state index in [1.54, 1.807) is 16.9 Å². The zero-order chi connectivity index (χ0) is 12.5. The van der Waals surface area contributed by atoms with Gasteiger partial charge in [0.1, 0.15) is 27.2 Å². The second kappa shape index (κ2) is 4.71. The van der Waals surface area contributed by atoms with Crippen LogP contribution in [-0.2, 0) is 0 Å². The van der Waals surface area contributed by atoms with Crippen molar-refractivity contribution in [2.24, 2.45) is 0 Å². The monoisotopic (exact) mass is 332 g/mol. The number of ether oxygens (including phenoxy) is 1. The van der Waals surface area contributed by atoms with E-state index in [0.717, 1.165) is 3.70 Å². The molecule has 0 N–H and O–H groups in total. The molecule has 17 heavy (non-hydrogen) atoms. The number of rotatable bonds is 3. The summed E-state index contributed by atoms with van der Waals surface area (Å²) in [6.07, 6.45) is 3.31. The molecule has 9 heteroatoms. The van der Waals surface area contributed by atoms with Crippen LogP contribution in [-0.4, -0.2) is 48.8 Å². The summed E-state index contributed by atoms with van der Waals surface area (Å²) in [6, 6.07) is 3.43. The van der Waals surface area contributed by atoms with Gasteiger partial charge in [0.2, 0.25) is 5.88 Å². The lowest BCUT2D eigenvalue weighted by atomic mass is 9.52. The van der Waals surface area contributed by atoms with E-state index in [-0.39, 0.29) is 5.88 Å². The molecular formula is C8H4B3IN4O. The first-order valence-electron chi connectivity index (χ1n) is 4.54. The van der Waals surface area contributed by atoms with Crippen molar-refractivity contribution in [3.05, 3.63) is 28.2 Å². The topological polar surface area (TPSA) is 52.8 Å². The van der Waals surface area contributed by atoms with Gasteiger partial charge in [-0.2, -0.15) is 10.2 Å². The third kappa shape index (κ3) is 3.48. The summed E-state index contributed by atoms with van der Waals surface area (Å²) in [5.41, 5.74) is 0.669. The Bertz CT molecular complexity index is 527. The predicted octanol–water partition coefficient (Wildman–Crippen LogP) is -0.238. The van der Waals surface area contributed by atoms with Crippen LogP contribution in [0.4, 0.5) is 0 Å². The number of aromatic nitrogens is 4. The van der Waals surface area contributed by atoms with Gasteiger partial charge in [0.25, 0.3) is 0 Å². The van der Waals surface area contributed by atoms with Crippen LogP contribution in [0.1, 0.15) is 0 Å². The molecule has 0 aliphatic rings. The van der Waals surface area contributed by atoms with Gasteiger partial charge in [0, 0.05) is 12.3 Å². The zero-order valence-corrected chi connectivity index (χ0v) is 10.8. The first kappa shape index (κ1) is 12.5. The quantitative estimate of drug-likeness (QED) is 0.576. The van der Waals surface area contributed by atoms with Crippen LogP contribution < -0.4 is 4.74 Å². The number of hydrogen-bond acceptors (Lipinski definition) is 4. The maximum absolute atomic E-state index is 5.30. The van der Waals surface area contributed by atoms with Gasteiger partial charge in [-0.25, -0.2) is 4.68 Å². The Labute approximate surface area is 116 Å². The molecular weight excluding hydrogens is 327 g/mol. The van der Waals surface area contributed by atoms with E-state index in [1.165, 1.54) is 6.20 Å². The zero-order valence-electron chi connectivity index (χ0n) is 8.62. The standard InChI is InChI=1S/C8H4B3IN4O/c9-8(10,11)17-7-3-5(4-13-14-7)16-2-1-6(12)15-16/h1-4H. The van der Waals surface area contributed by atoms with E-state index in [2.05, 4.69) is 37.9 Å². The van der Waals surface area contributed by atoms with Gasteiger partial charge < -0.3 is 4.74 Å². The fourth-order valence-corrected chi connectivity index (χ4v) is 1.53. The Morgan fingerprint density at radius 3 is 2.71 bits per heavy atom. The number of halogens is 1. The first-order valence-corrected chi connectivity index (χ1v) is 5.62. The molecule has 2 heterocycles. The van der Waals surface area contributed by atoms with Gasteiger partial charge in [0.15, 0.2) is 0 Å². The Balaban J connectivity index is 2.29. The van der Waals surface area contributed by atoms with Crippen molar-refractivity contribution in [2.75, 3.05) is 0 Å². The molecule has 2 rings (SSSR count). The highest BCUT2D eigenvalue weighted by atomic mass is 127. The lowest BCUT2D eigenvalue weighted by Crippen LogP contribution is -2.37. The van der Waals surface area contributed by atoms with Crippen molar-refractivity contribution in [3.63, 3.8) is 0 Å². The van der Waals surface area contributed by atoms with Crippen LogP contribution in [0.25, 0.3) is 5.69 Å². The number of hydrogen-bond donors (Lipinski definition) is 0. The highest BCUT2D eigenvalue weighted by molar-refractivity contribution is 14.1. The van der Waals surface area contributed by atoms with Gasteiger partial charge in [-0.1, -0.05) is 0 Å². The van der Waals surface area contributed by atoms with Gasteiger partial charge >= 0.3 is 0 Å². The Kier molecular flexibility index (Phi) is 3.46. The summed E-state index contributed by atoms with van der Waals surface area (Å²) in [7, 11) is 15.9. The average Bonchev–Trinajstić information content (AvgIpc) is 2.63. The maximum atomic E-state index is 5.30. The van der Waals surface area contributed by atoms with Gasteiger partial charge in [0.05, 0.1) is 11.9 Å². The molecule has 78 valence electrons. The molecule has 0 saturated carbocycles. The Morgan fingerprint density at radius 2 is 2.12 bits per heavy atom. The molecule has 2 aromatic rings. The molecule has 2 aromatic heterocycles. The van der Waals surface area contributed by atoms with E-state index in [4.69, 9.17) is 28.3 Å². The fourth-order valence-electron chi connectivity index (χ4n) is 1.14. The van der Waals surface area contributed by atoms with E-state index >= 15 is 0 Å². The van der Waals surface area contributed by atoms with Crippen LogP contribution in [0.3, 0.4) is 0 Å². The minimum absolute atomic E-state index is 0.125. The van der Waals surface area contributed by atoms with Crippen molar-refractivity contribution < 1.29 is 4.74 Å².